The van der Waals surface area contributed by atoms with E-state index in [2.05, 4.69) is 5.10 Å². The van der Waals surface area contributed by atoms with E-state index in [0.29, 0.717) is 12.6 Å². The number of benzene rings is 1. The van der Waals surface area contributed by atoms with Crippen molar-refractivity contribution in [2.24, 2.45) is 0 Å². The van der Waals surface area contributed by atoms with Gasteiger partial charge in [0.2, 0.25) is 5.76 Å². The second-order valence-corrected chi connectivity index (χ2v) is 4.61. The molecule has 1 aromatic heterocycles. The Morgan fingerprint density at radius 2 is 1.90 bits per heavy atom. The lowest BCUT2D eigenvalue weighted by molar-refractivity contribution is -0.135. The van der Waals surface area contributed by atoms with Crippen LogP contribution in [-0.2, 0) is 11.3 Å². The summed E-state index contributed by atoms with van der Waals surface area (Å²) in [5.41, 5.74) is 2.41. The van der Waals surface area contributed by atoms with Gasteiger partial charge in [-0.1, -0.05) is 29.8 Å². The molecule has 6 nitrogen and oxygen atoms in total. The molecule has 0 atom stereocenters. The Morgan fingerprint density at radius 1 is 1.24 bits per heavy atom. The molecule has 21 heavy (non-hydrogen) atoms. The number of aliphatic hydroxyl groups is 1. The molecule has 2 aromatic rings. The molecule has 0 aliphatic rings. The van der Waals surface area contributed by atoms with Crippen LogP contribution in [0.25, 0.3) is 0 Å². The highest BCUT2D eigenvalue weighted by Gasteiger charge is 2.11. The van der Waals surface area contributed by atoms with Gasteiger partial charge in [-0.15, -0.1) is 0 Å². The van der Waals surface area contributed by atoms with Crippen LogP contribution in [0.5, 0.6) is 0 Å². The average molecular weight is 286 g/mol. The average Bonchev–Trinajstić information content (AvgIpc) is 2.90. The molecule has 0 saturated carbocycles. The number of carboxylic acids is 1. The minimum Gasteiger partial charge on any atom is -0.502 e. The first kappa shape index (κ1) is 14.5. The SMILES string of the molecule is Cc1ccc(Cn2cc(C(=O)C=C(O)C(=O)O)cn2)cc1. The predicted octanol–water partition coefficient (Wildman–Crippen LogP) is 1.95. The van der Waals surface area contributed by atoms with E-state index in [9.17, 15) is 9.59 Å². The lowest BCUT2D eigenvalue weighted by atomic mass is 10.1. The molecule has 0 aliphatic heterocycles. The number of carbonyl (C=O) groups excluding carboxylic acids is 1. The molecule has 0 amide bonds. The number of nitrogens with zero attached hydrogens (tertiary/aromatic N) is 2. The monoisotopic (exact) mass is 286 g/mol. The van der Waals surface area contributed by atoms with Gasteiger partial charge >= 0.3 is 5.97 Å². The lowest BCUT2D eigenvalue weighted by Crippen LogP contribution is -2.03. The van der Waals surface area contributed by atoms with Gasteiger partial charge in [-0.3, -0.25) is 9.48 Å². The molecule has 1 heterocycles. The van der Waals surface area contributed by atoms with E-state index in [1.54, 1.807) is 4.68 Å². The first-order chi connectivity index (χ1) is 9.95. The van der Waals surface area contributed by atoms with Crippen LogP contribution in [0.1, 0.15) is 21.5 Å². The molecule has 0 spiro atoms. The quantitative estimate of drug-likeness (QED) is 0.498. The Bertz CT molecular complexity index is 699. The third kappa shape index (κ3) is 3.79. The molecule has 6 heteroatoms. The molecule has 0 fully saturated rings. The number of aryl methyl sites for hydroxylation is 1. The highest BCUT2D eigenvalue weighted by Crippen LogP contribution is 2.07. The number of carbonyl (C=O) groups is 2. The Kier molecular flexibility index (Phi) is 4.18. The van der Waals surface area contributed by atoms with Crippen molar-refractivity contribution in [3.63, 3.8) is 0 Å². The maximum absolute atomic E-state index is 11.7. The van der Waals surface area contributed by atoms with Gasteiger partial charge in [0, 0.05) is 12.3 Å². The van der Waals surface area contributed by atoms with E-state index in [-0.39, 0.29) is 5.56 Å². The van der Waals surface area contributed by atoms with Crippen LogP contribution < -0.4 is 0 Å². The van der Waals surface area contributed by atoms with Gasteiger partial charge in [0.1, 0.15) is 0 Å². The van der Waals surface area contributed by atoms with Crippen LogP contribution in [0.15, 0.2) is 48.5 Å². The number of carboxylic acid groups (broad SMARTS) is 1. The van der Waals surface area contributed by atoms with Crippen LogP contribution >= 0.6 is 0 Å². The summed E-state index contributed by atoms with van der Waals surface area (Å²) in [6, 6.07) is 7.90. The zero-order valence-corrected chi connectivity index (χ0v) is 11.4. The highest BCUT2D eigenvalue weighted by atomic mass is 16.4. The Labute approximate surface area is 121 Å². The van der Waals surface area contributed by atoms with Crippen molar-refractivity contribution in [1.29, 1.82) is 0 Å². The van der Waals surface area contributed by atoms with Crippen molar-refractivity contribution in [3.05, 3.63) is 65.2 Å². The summed E-state index contributed by atoms with van der Waals surface area (Å²) in [5, 5.41) is 21.6. The van der Waals surface area contributed by atoms with Crippen LogP contribution in [0, 0.1) is 6.92 Å². The molecule has 0 saturated heterocycles. The van der Waals surface area contributed by atoms with E-state index in [1.807, 2.05) is 31.2 Å². The highest BCUT2D eigenvalue weighted by molar-refractivity contribution is 6.07. The van der Waals surface area contributed by atoms with Crippen molar-refractivity contribution in [1.82, 2.24) is 9.78 Å². The van der Waals surface area contributed by atoms with E-state index < -0.39 is 17.5 Å². The van der Waals surface area contributed by atoms with Crippen molar-refractivity contribution in [3.8, 4) is 0 Å². The first-order valence-corrected chi connectivity index (χ1v) is 6.22. The Hall–Kier alpha value is -2.89. The number of allylic oxidation sites excluding steroid dienone is 1. The maximum Gasteiger partial charge on any atom is 0.371 e. The summed E-state index contributed by atoms with van der Waals surface area (Å²) in [5.74, 6) is -3.15. The standard InChI is InChI=1S/C15H14N2O4/c1-10-2-4-11(5-3-10)8-17-9-12(7-16-17)13(18)6-14(19)15(20)21/h2-7,9,19H,8H2,1H3,(H,20,21). The second kappa shape index (κ2) is 6.04. The van der Waals surface area contributed by atoms with Gasteiger partial charge in [-0.25, -0.2) is 4.79 Å². The second-order valence-electron chi connectivity index (χ2n) is 4.61. The van der Waals surface area contributed by atoms with E-state index in [1.165, 1.54) is 12.4 Å². The van der Waals surface area contributed by atoms with Crippen LogP contribution in [0.3, 0.4) is 0 Å². The summed E-state index contributed by atoms with van der Waals surface area (Å²) < 4.78 is 1.57. The smallest absolute Gasteiger partial charge is 0.371 e. The van der Waals surface area contributed by atoms with Gasteiger partial charge in [0.05, 0.1) is 18.3 Å². The molecular formula is C15H14N2O4. The predicted molar refractivity (Wildman–Crippen MR) is 75.2 cm³/mol. The molecule has 0 bridgehead atoms. The molecule has 0 radical (unpaired) electrons. The third-order valence-corrected chi connectivity index (χ3v) is 2.87. The molecule has 108 valence electrons. The molecule has 0 aliphatic carbocycles. The van der Waals surface area contributed by atoms with Crippen LogP contribution in [0.4, 0.5) is 0 Å². The number of aliphatic carboxylic acids is 1. The molecule has 1 aromatic carbocycles. The lowest BCUT2D eigenvalue weighted by Gasteiger charge is -2.01. The first-order valence-electron chi connectivity index (χ1n) is 6.22. The number of aromatic nitrogens is 2. The van der Waals surface area contributed by atoms with Gasteiger partial charge in [-0.05, 0) is 12.5 Å². The molecule has 0 unspecified atom stereocenters. The van der Waals surface area contributed by atoms with Crippen molar-refractivity contribution < 1.29 is 19.8 Å². The molecule has 2 N–H and O–H groups in total. The molecular weight excluding hydrogens is 272 g/mol. The summed E-state index contributed by atoms with van der Waals surface area (Å²) in [4.78, 5) is 22.2. The number of aliphatic hydroxyl groups excluding tert-OH is 1. The van der Waals surface area contributed by atoms with Crippen LogP contribution in [0.2, 0.25) is 0 Å². The Morgan fingerprint density at radius 3 is 2.52 bits per heavy atom. The minimum atomic E-state index is -1.55. The van der Waals surface area contributed by atoms with E-state index >= 15 is 0 Å². The minimum absolute atomic E-state index is 0.218. The van der Waals surface area contributed by atoms with Crippen molar-refractivity contribution in [2.45, 2.75) is 13.5 Å². The number of ketones is 1. The Balaban J connectivity index is 2.11. The third-order valence-electron chi connectivity index (χ3n) is 2.87. The van der Waals surface area contributed by atoms with Gasteiger partial charge in [0.15, 0.2) is 5.78 Å². The normalized spacial score (nSPS) is 11.4. The zero-order chi connectivity index (χ0) is 15.4. The summed E-state index contributed by atoms with van der Waals surface area (Å²) in [6.45, 7) is 2.50. The topological polar surface area (TPSA) is 92.4 Å². The fourth-order valence-electron chi connectivity index (χ4n) is 1.73. The zero-order valence-electron chi connectivity index (χ0n) is 11.4. The summed E-state index contributed by atoms with van der Waals surface area (Å²) >= 11 is 0. The van der Waals surface area contributed by atoms with Gasteiger partial charge < -0.3 is 10.2 Å². The largest absolute Gasteiger partial charge is 0.502 e. The fourth-order valence-corrected chi connectivity index (χ4v) is 1.73. The van der Waals surface area contributed by atoms with E-state index in [0.717, 1.165) is 11.1 Å². The van der Waals surface area contributed by atoms with Gasteiger partial charge in [-0.2, -0.15) is 5.10 Å². The van der Waals surface area contributed by atoms with Gasteiger partial charge in [0.25, 0.3) is 0 Å². The fraction of sp³-hybridized carbons (Fsp3) is 0.133. The summed E-state index contributed by atoms with van der Waals surface area (Å²) in [7, 11) is 0. The van der Waals surface area contributed by atoms with E-state index in [4.69, 9.17) is 10.2 Å². The number of rotatable bonds is 5. The number of hydrogen-bond acceptors (Lipinski definition) is 4. The van der Waals surface area contributed by atoms with Crippen molar-refractivity contribution >= 4 is 11.8 Å². The summed E-state index contributed by atoms with van der Waals surface area (Å²) in [6.07, 6.45) is 3.51. The number of hydrogen-bond donors (Lipinski definition) is 2. The molecule has 2 rings (SSSR count). The maximum atomic E-state index is 11.7. The van der Waals surface area contributed by atoms with Crippen molar-refractivity contribution in [2.75, 3.05) is 0 Å². The van der Waals surface area contributed by atoms with Crippen LogP contribution in [-0.4, -0.2) is 31.7 Å².